The van der Waals surface area contributed by atoms with E-state index < -0.39 is 5.82 Å². The van der Waals surface area contributed by atoms with E-state index in [9.17, 15) is 9.18 Å². The van der Waals surface area contributed by atoms with Crippen molar-refractivity contribution in [2.24, 2.45) is 0 Å². The van der Waals surface area contributed by atoms with E-state index in [1.54, 1.807) is 12.1 Å². The molecule has 0 aliphatic rings. The Bertz CT molecular complexity index is 965. The van der Waals surface area contributed by atoms with Gasteiger partial charge in [0.15, 0.2) is 5.82 Å². The predicted octanol–water partition coefficient (Wildman–Crippen LogP) is 5.25. The minimum absolute atomic E-state index is 0.102. The van der Waals surface area contributed by atoms with E-state index in [1.165, 1.54) is 23.0 Å². The summed E-state index contributed by atoms with van der Waals surface area (Å²) in [5.41, 5.74) is 2.78. The number of aryl methyl sites for hydroxylation is 2. The second kappa shape index (κ2) is 7.48. The minimum atomic E-state index is -0.426. The van der Waals surface area contributed by atoms with Crippen LogP contribution in [0.15, 0.2) is 42.6 Å². The Kier molecular flexibility index (Phi) is 5.30. The summed E-state index contributed by atoms with van der Waals surface area (Å²) in [6.07, 6.45) is 1.52. The maximum Gasteiger partial charge on any atom is 0.257 e. The molecule has 0 saturated carbocycles. The van der Waals surface area contributed by atoms with Gasteiger partial charge in [0.05, 0.1) is 6.54 Å². The molecular weight excluding hydrogens is 376 g/mol. The molecule has 0 aliphatic carbocycles. The highest BCUT2D eigenvalue weighted by molar-refractivity contribution is 6.33. The zero-order chi connectivity index (χ0) is 18.8. The Morgan fingerprint density at radius 3 is 2.65 bits per heavy atom. The number of anilines is 1. The standard InChI is InChI=1S/C19H16Cl2FN3O/c1-11-6-7-13(12(2)8-11)19(26)23-18-16(21)10-25(24-18)9-14-15(20)4-3-5-17(14)22/h3-8,10H,9H2,1-2H3,(H,23,24,26). The molecule has 0 saturated heterocycles. The van der Waals surface area contributed by atoms with Crippen LogP contribution in [0.5, 0.6) is 0 Å². The molecule has 1 N–H and O–H groups in total. The summed E-state index contributed by atoms with van der Waals surface area (Å²) in [7, 11) is 0. The fraction of sp³-hybridized carbons (Fsp3) is 0.158. The predicted molar refractivity (Wildman–Crippen MR) is 102 cm³/mol. The Morgan fingerprint density at radius 1 is 1.19 bits per heavy atom. The van der Waals surface area contributed by atoms with E-state index in [2.05, 4.69) is 10.4 Å². The molecule has 3 rings (SSSR count). The third-order valence-corrected chi connectivity index (χ3v) is 4.59. The van der Waals surface area contributed by atoms with Gasteiger partial charge in [0, 0.05) is 22.3 Å². The summed E-state index contributed by atoms with van der Waals surface area (Å²) >= 11 is 12.2. The van der Waals surface area contributed by atoms with Crippen LogP contribution in [0.2, 0.25) is 10.0 Å². The van der Waals surface area contributed by atoms with Crippen LogP contribution < -0.4 is 5.32 Å². The van der Waals surface area contributed by atoms with Gasteiger partial charge in [-0.05, 0) is 37.6 Å². The van der Waals surface area contributed by atoms with Gasteiger partial charge in [-0.3, -0.25) is 9.48 Å². The number of nitrogens with zero attached hydrogens (tertiary/aromatic N) is 2. The van der Waals surface area contributed by atoms with Crippen LogP contribution in [-0.2, 0) is 6.54 Å². The van der Waals surface area contributed by atoms with Crippen molar-refractivity contribution in [2.75, 3.05) is 5.32 Å². The third-order valence-electron chi connectivity index (χ3n) is 3.96. The third kappa shape index (κ3) is 3.89. The van der Waals surface area contributed by atoms with Crippen molar-refractivity contribution in [1.82, 2.24) is 9.78 Å². The number of halogens is 3. The topological polar surface area (TPSA) is 46.9 Å². The molecule has 0 bridgehead atoms. The van der Waals surface area contributed by atoms with E-state index in [1.807, 2.05) is 26.0 Å². The fourth-order valence-electron chi connectivity index (χ4n) is 2.65. The smallest absolute Gasteiger partial charge is 0.257 e. The average molecular weight is 392 g/mol. The highest BCUT2D eigenvalue weighted by Crippen LogP contribution is 2.24. The van der Waals surface area contributed by atoms with Gasteiger partial charge < -0.3 is 5.32 Å². The van der Waals surface area contributed by atoms with Gasteiger partial charge in [0.1, 0.15) is 10.8 Å². The van der Waals surface area contributed by atoms with Crippen molar-refractivity contribution in [3.8, 4) is 0 Å². The number of nitrogens with one attached hydrogen (secondary N) is 1. The average Bonchev–Trinajstić information content (AvgIpc) is 2.90. The second-order valence-electron chi connectivity index (χ2n) is 6.00. The number of carbonyl (C=O) groups excluding carboxylic acids is 1. The molecular formula is C19H16Cl2FN3O. The lowest BCUT2D eigenvalue weighted by Gasteiger charge is -2.07. The molecule has 0 atom stereocenters. The van der Waals surface area contributed by atoms with E-state index in [-0.39, 0.29) is 23.3 Å². The van der Waals surface area contributed by atoms with Crippen LogP contribution in [-0.4, -0.2) is 15.7 Å². The van der Waals surface area contributed by atoms with Crippen molar-refractivity contribution in [3.63, 3.8) is 0 Å². The summed E-state index contributed by atoms with van der Waals surface area (Å²) < 4.78 is 15.4. The first-order valence-electron chi connectivity index (χ1n) is 7.89. The van der Waals surface area contributed by atoms with Gasteiger partial charge >= 0.3 is 0 Å². The number of carbonyl (C=O) groups is 1. The van der Waals surface area contributed by atoms with Crippen molar-refractivity contribution >= 4 is 34.9 Å². The van der Waals surface area contributed by atoms with Crippen LogP contribution >= 0.6 is 23.2 Å². The van der Waals surface area contributed by atoms with Gasteiger partial charge in [-0.25, -0.2) is 4.39 Å². The lowest BCUT2D eigenvalue weighted by Crippen LogP contribution is -2.14. The lowest BCUT2D eigenvalue weighted by molar-refractivity contribution is 0.102. The summed E-state index contributed by atoms with van der Waals surface area (Å²) in [6, 6.07) is 10.0. The summed E-state index contributed by atoms with van der Waals surface area (Å²) in [5, 5.41) is 7.48. The monoisotopic (exact) mass is 391 g/mol. The molecule has 7 heteroatoms. The Morgan fingerprint density at radius 2 is 1.96 bits per heavy atom. The first-order chi connectivity index (χ1) is 12.3. The van der Waals surface area contributed by atoms with Crippen LogP contribution in [0.1, 0.15) is 27.0 Å². The number of hydrogen-bond acceptors (Lipinski definition) is 2. The van der Waals surface area contributed by atoms with Crippen molar-refractivity contribution in [3.05, 3.63) is 80.7 Å². The zero-order valence-electron chi connectivity index (χ0n) is 14.2. The van der Waals surface area contributed by atoms with Crippen molar-refractivity contribution < 1.29 is 9.18 Å². The highest BCUT2D eigenvalue weighted by atomic mass is 35.5. The quantitative estimate of drug-likeness (QED) is 0.660. The van der Waals surface area contributed by atoms with Gasteiger partial charge in [-0.2, -0.15) is 5.10 Å². The Balaban J connectivity index is 1.81. The first-order valence-corrected chi connectivity index (χ1v) is 8.65. The van der Waals surface area contributed by atoms with Crippen LogP contribution in [0.4, 0.5) is 10.2 Å². The molecule has 26 heavy (non-hydrogen) atoms. The zero-order valence-corrected chi connectivity index (χ0v) is 15.7. The van der Waals surface area contributed by atoms with E-state index >= 15 is 0 Å². The number of rotatable bonds is 4. The van der Waals surface area contributed by atoms with Crippen molar-refractivity contribution in [2.45, 2.75) is 20.4 Å². The normalized spacial score (nSPS) is 10.8. The number of benzene rings is 2. The van der Waals surface area contributed by atoms with E-state index in [4.69, 9.17) is 23.2 Å². The lowest BCUT2D eigenvalue weighted by atomic mass is 10.1. The number of hydrogen-bond donors (Lipinski definition) is 1. The second-order valence-corrected chi connectivity index (χ2v) is 6.81. The van der Waals surface area contributed by atoms with E-state index in [0.29, 0.717) is 16.1 Å². The minimum Gasteiger partial charge on any atom is -0.304 e. The number of aromatic nitrogens is 2. The van der Waals surface area contributed by atoms with Crippen LogP contribution in [0.3, 0.4) is 0 Å². The van der Waals surface area contributed by atoms with Crippen molar-refractivity contribution in [1.29, 1.82) is 0 Å². The molecule has 0 radical (unpaired) electrons. The highest BCUT2D eigenvalue weighted by Gasteiger charge is 2.15. The first kappa shape index (κ1) is 18.4. The molecule has 0 unspecified atom stereocenters. The maximum absolute atomic E-state index is 13.9. The summed E-state index contributed by atoms with van der Waals surface area (Å²) in [5.74, 6) is -0.521. The largest absolute Gasteiger partial charge is 0.304 e. The van der Waals surface area contributed by atoms with Crippen LogP contribution in [0.25, 0.3) is 0 Å². The Labute approximate surface area is 160 Å². The molecule has 0 spiro atoms. The van der Waals surface area contributed by atoms with E-state index in [0.717, 1.165) is 11.1 Å². The molecule has 0 aliphatic heterocycles. The molecule has 3 aromatic rings. The number of amides is 1. The fourth-order valence-corrected chi connectivity index (χ4v) is 3.07. The SMILES string of the molecule is Cc1ccc(C(=O)Nc2nn(Cc3c(F)cccc3Cl)cc2Cl)c(C)c1. The van der Waals surface area contributed by atoms with Gasteiger partial charge in [-0.1, -0.05) is 47.0 Å². The molecule has 2 aromatic carbocycles. The maximum atomic E-state index is 13.9. The molecule has 1 amide bonds. The molecule has 0 fully saturated rings. The van der Waals surface area contributed by atoms with Crippen LogP contribution in [0, 0.1) is 19.7 Å². The summed E-state index contributed by atoms with van der Waals surface area (Å²) in [6.45, 7) is 3.92. The summed E-state index contributed by atoms with van der Waals surface area (Å²) in [4.78, 5) is 12.5. The Hall–Kier alpha value is -2.37. The van der Waals surface area contributed by atoms with Gasteiger partial charge in [0.25, 0.3) is 5.91 Å². The molecule has 4 nitrogen and oxygen atoms in total. The van der Waals surface area contributed by atoms with Gasteiger partial charge in [-0.15, -0.1) is 0 Å². The van der Waals surface area contributed by atoms with Gasteiger partial charge in [0.2, 0.25) is 0 Å². The molecule has 1 heterocycles. The molecule has 134 valence electrons. The molecule has 1 aromatic heterocycles.